The molecule has 4 aromatic carbocycles. The van der Waals surface area contributed by atoms with Gasteiger partial charge in [0.15, 0.2) is 0 Å². The van der Waals surface area contributed by atoms with Crippen molar-refractivity contribution in [2.75, 3.05) is 27.2 Å². The van der Waals surface area contributed by atoms with Crippen LogP contribution in [0.2, 0.25) is 0 Å². The zero-order valence-electron chi connectivity index (χ0n) is 22.5. The van der Waals surface area contributed by atoms with E-state index in [0.29, 0.717) is 13.2 Å². The summed E-state index contributed by atoms with van der Waals surface area (Å²) in [6.07, 6.45) is 2.68. The Morgan fingerprint density at radius 1 is 0.763 bits per heavy atom. The molecule has 4 aromatic rings. The Bertz CT molecular complexity index is 1330. The van der Waals surface area contributed by atoms with Gasteiger partial charge in [0, 0.05) is 6.54 Å². The summed E-state index contributed by atoms with van der Waals surface area (Å²) in [4.78, 5) is 7.66. The lowest BCUT2D eigenvalue weighted by atomic mass is 9.87. The van der Waals surface area contributed by atoms with Gasteiger partial charge in [-0.05, 0) is 77.7 Å². The third kappa shape index (κ3) is 7.67. The zero-order valence-corrected chi connectivity index (χ0v) is 22.5. The van der Waals surface area contributed by atoms with Gasteiger partial charge in [0.1, 0.15) is 19.0 Å². The first kappa shape index (κ1) is 26.9. The summed E-state index contributed by atoms with van der Waals surface area (Å²) >= 11 is 0. The molecule has 0 spiro atoms. The van der Waals surface area contributed by atoms with Gasteiger partial charge in [-0.25, -0.2) is 0 Å². The van der Waals surface area contributed by atoms with Gasteiger partial charge in [0.05, 0.1) is 6.21 Å². The van der Waals surface area contributed by atoms with Crippen molar-refractivity contribution in [3.8, 4) is 5.75 Å². The molecule has 38 heavy (non-hydrogen) atoms. The standard InChI is InChI=1S/C34H36N2O2/c1-4-33(29-15-9-6-10-16-29)34(30-18-20-32(21-19-30)37-23-22-36(2)3)31-17-11-14-28(24-31)25-35-38-26-27-12-7-5-8-13-27/h5-21,24-25H,4,22-23,26H2,1-3H3. The topological polar surface area (TPSA) is 34.1 Å². The molecule has 0 unspecified atom stereocenters. The van der Waals surface area contributed by atoms with E-state index < -0.39 is 0 Å². The summed E-state index contributed by atoms with van der Waals surface area (Å²) in [6.45, 7) is 4.19. The molecule has 0 aliphatic rings. The molecule has 0 radical (unpaired) electrons. The number of rotatable bonds is 12. The Morgan fingerprint density at radius 2 is 1.45 bits per heavy atom. The van der Waals surface area contributed by atoms with Gasteiger partial charge in [-0.1, -0.05) is 103 Å². The molecular weight excluding hydrogens is 468 g/mol. The summed E-state index contributed by atoms with van der Waals surface area (Å²) in [6, 6.07) is 37.6. The van der Waals surface area contributed by atoms with Crippen LogP contribution in [0.1, 0.15) is 41.2 Å². The smallest absolute Gasteiger partial charge is 0.142 e. The van der Waals surface area contributed by atoms with Crippen LogP contribution in [-0.4, -0.2) is 38.4 Å². The second-order valence-electron chi connectivity index (χ2n) is 9.37. The molecule has 0 fully saturated rings. The molecule has 0 aliphatic heterocycles. The molecule has 0 aromatic heterocycles. The molecule has 0 N–H and O–H groups in total. The van der Waals surface area contributed by atoms with E-state index in [1.807, 2.05) is 50.5 Å². The van der Waals surface area contributed by atoms with Gasteiger partial charge >= 0.3 is 0 Å². The fourth-order valence-electron chi connectivity index (χ4n) is 4.30. The average Bonchev–Trinajstić information content (AvgIpc) is 2.95. The molecule has 0 heterocycles. The quantitative estimate of drug-likeness (QED) is 0.113. The second-order valence-corrected chi connectivity index (χ2v) is 9.37. The van der Waals surface area contributed by atoms with Crippen LogP contribution in [0.3, 0.4) is 0 Å². The van der Waals surface area contributed by atoms with Gasteiger partial charge in [-0.2, -0.15) is 0 Å². The van der Waals surface area contributed by atoms with Crippen molar-refractivity contribution in [2.45, 2.75) is 20.0 Å². The number of benzene rings is 4. The third-order valence-corrected chi connectivity index (χ3v) is 6.25. The maximum Gasteiger partial charge on any atom is 0.142 e. The first-order valence-electron chi connectivity index (χ1n) is 13.1. The van der Waals surface area contributed by atoms with Crippen LogP contribution in [0.4, 0.5) is 0 Å². The molecule has 0 amide bonds. The van der Waals surface area contributed by atoms with Crippen LogP contribution in [0, 0.1) is 0 Å². The first-order valence-corrected chi connectivity index (χ1v) is 13.1. The molecule has 0 saturated heterocycles. The van der Waals surface area contributed by atoms with Gasteiger partial charge in [-0.15, -0.1) is 0 Å². The van der Waals surface area contributed by atoms with Crippen molar-refractivity contribution in [3.63, 3.8) is 0 Å². The SMILES string of the molecule is CCC(=C(c1ccc(OCCN(C)C)cc1)c1cccc(C=NOCc2ccccc2)c1)c1ccccc1. The number of allylic oxidation sites excluding steroid dienone is 1. The number of likely N-dealkylation sites (N-methyl/N-ethyl adjacent to an activating group) is 1. The fraction of sp³-hybridized carbons (Fsp3) is 0.206. The normalized spacial score (nSPS) is 12.0. The number of hydrogen-bond acceptors (Lipinski definition) is 4. The summed E-state index contributed by atoms with van der Waals surface area (Å²) < 4.78 is 5.95. The van der Waals surface area contributed by atoms with Crippen molar-refractivity contribution in [1.82, 2.24) is 4.90 Å². The third-order valence-electron chi connectivity index (χ3n) is 6.25. The Morgan fingerprint density at radius 3 is 2.13 bits per heavy atom. The van der Waals surface area contributed by atoms with E-state index in [-0.39, 0.29) is 0 Å². The largest absolute Gasteiger partial charge is 0.492 e. The zero-order chi connectivity index (χ0) is 26.6. The van der Waals surface area contributed by atoms with E-state index in [1.54, 1.807) is 6.21 Å². The second kappa shape index (κ2) is 14.0. The highest BCUT2D eigenvalue weighted by Crippen LogP contribution is 2.35. The van der Waals surface area contributed by atoms with Crippen molar-refractivity contribution in [2.24, 2.45) is 5.16 Å². The summed E-state index contributed by atoms with van der Waals surface area (Å²) in [5.41, 5.74) is 8.09. The number of oxime groups is 1. The maximum absolute atomic E-state index is 5.95. The molecule has 4 nitrogen and oxygen atoms in total. The van der Waals surface area contributed by atoms with E-state index in [0.717, 1.165) is 41.0 Å². The van der Waals surface area contributed by atoms with Crippen LogP contribution < -0.4 is 4.74 Å². The van der Waals surface area contributed by atoms with E-state index in [9.17, 15) is 0 Å². The number of ether oxygens (including phenoxy) is 1. The highest BCUT2D eigenvalue weighted by atomic mass is 16.6. The van der Waals surface area contributed by atoms with Crippen LogP contribution in [-0.2, 0) is 11.4 Å². The van der Waals surface area contributed by atoms with Crippen molar-refractivity contribution >= 4 is 17.4 Å². The summed E-state index contributed by atoms with van der Waals surface area (Å²) in [7, 11) is 4.10. The van der Waals surface area contributed by atoms with Crippen molar-refractivity contribution in [3.05, 3.63) is 137 Å². The Balaban J connectivity index is 1.63. The lowest BCUT2D eigenvalue weighted by molar-refractivity contribution is 0.132. The van der Waals surface area contributed by atoms with E-state index >= 15 is 0 Å². The van der Waals surface area contributed by atoms with Crippen LogP contribution in [0.5, 0.6) is 5.75 Å². The van der Waals surface area contributed by atoms with Gasteiger partial charge in [-0.3, -0.25) is 0 Å². The summed E-state index contributed by atoms with van der Waals surface area (Å²) in [5, 5.41) is 4.22. The van der Waals surface area contributed by atoms with E-state index in [4.69, 9.17) is 9.57 Å². The van der Waals surface area contributed by atoms with Crippen molar-refractivity contribution < 1.29 is 9.57 Å². The van der Waals surface area contributed by atoms with Crippen LogP contribution in [0.25, 0.3) is 11.1 Å². The van der Waals surface area contributed by atoms with Gasteiger partial charge < -0.3 is 14.5 Å². The molecule has 194 valence electrons. The van der Waals surface area contributed by atoms with E-state index in [2.05, 4.69) is 89.8 Å². The highest BCUT2D eigenvalue weighted by molar-refractivity contribution is 5.99. The number of hydrogen-bond donors (Lipinski definition) is 0. The Hall–Kier alpha value is -4.15. The minimum Gasteiger partial charge on any atom is -0.492 e. The number of nitrogens with zero attached hydrogens (tertiary/aromatic N) is 2. The van der Waals surface area contributed by atoms with Crippen molar-refractivity contribution in [1.29, 1.82) is 0 Å². The Labute approximate surface area is 226 Å². The molecule has 0 atom stereocenters. The van der Waals surface area contributed by atoms with Crippen LogP contribution >= 0.6 is 0 Å². The van der Waals surface area contributed by atoms with Gasteiger partial charge in [0.25, 0.3) is 0 Å². The minimum absolute atomic E-state index is 0.444. The van der Waals surface area contributed by atoms with Gasteiger partial charge in [0.2, 0.25) is 0 Å². The summed E-state index contributed by atoms with van der Waals surface area (Å²) in [5.74, 6) is 0.879. The molecule has 4 rings (SSSR count). The monoisotopic (exact) mass is 504 g/mol. The predicted octanol–water partition coefficient (Wildman–Crippen LogP) is 7.55. The average molecular weight is 505 g/mol. The van der Waals surface area contributed by atoms with Crippen LogP contribution in [0.15, 0.2) is 114 Å². The minimum atomic E-state index is 0.444. The molecule has 0 aliphatic carbocycles. The predicted molar refractivity (Wildman–Crippen MR) is 158 cm³/mol. The molecular formula is C34H36N2O2. The lowest BCUT2D eigenvalue weighted by Crippen LogP contribution is -2.19. The fourth-order valence-corrected chi connectivity index (χ4v) is 4.30. The maximum atomic E-state index is 5.95. The molecule has 0 bridgehead atoms. The molecule has 4 heteroatoms. The highest BCUT2D eigenvalue weighted by Gasteiger charge is 2.14. The molecule has 0 saturated carbocycles. The van der Waals surface area contributed by atoms with E-state index in [1.165, 1.54) is 16.7 Å². The first-order chi connectivity index (χ1) is 18.6. The Kier molecular flexibility index (Phi) is 9.89. The lowest BCUT2D eigenvalue weighted by Gasteiger charge is -2.17.